The summed E-state index contributed by atoms with van der Waals surface area (Å²) in [6, 6.07) is 11.7. The summed E-state index contributed by atoms with van der Waals surface area (Å²) in [7, 11) is 0. The topological polar surface area (TPSA) is 61.9 Å². The molecule has 1 fully saturated rings. The van der Waals surface area contributed by atoms with Crippen molar-refractivity contribution < 1.29 is 23.1 Å². The highest BCUT2D eigenvalue weighted by atomic mass is 19.1. The third-order valence-electron chi connectivity index (χ3n) is 6.67. The highest BCUT2D eigenvalue weighted by molar-refractivity contribution is 5.88. The Morgan fingerprint density at radius 2 is 1.78 bits per heavy atom. The fourth-order valence-electron chi connectivity index (χ4n) is 4.72. The molecular formula is C28H33F2N3O3. The minimum Gasteiger partial charge on any atom is -0.378 e. The molecule has 1 N–H and O–H groups in total. The van der Waals surface area contributed by atoms with Gasteiger partial charge < -0.3 is 14.5 Å². The van der Waals surface area contributed by atoms with Crippen LogP contribution in [0.2, 0.25) is 0 Å². The van der Waals surface area contributed by atoms with Crippen LogP contribution in [-0.4, -0.2) is 67.0 Å². The zero-order valence-electron chi connectivity index (χ0n) is 21.0. The van der Waals surface area contributed by atoms with Crippen LogP contribution >= 0.6 is 0 Å². The number of nitrogens with zero attached hydrogens (tertiary/aromatic N) is 2. The van der Waals surface area contributed by atoms with Crippen molar-refractivity contribution in [2.75, 3.05) is 39.4 Å². The Morgan fingerprint density at radius 1 is 1.08 bits per heavy atom. The van der Waals surface area contributed by atoms with Crippen molar-refractivity contribution in [3.63, 3.8) is 0 Å². The van der Waals surface area contributed by atoms with Crippen LogP contribution in [-0.2, 0) is 14.3 Å². The number of carbonyl (C=O) groups excluding carboxylic acids is 2. The van der Waals surface area contributed by atoms with Crippen LogP contribution in [0.5, 0.6) is 0 Å². The van der Waals surface area contributed by atoms with E-state index in [1.54, 1.807) is 9.80 Å². The molecule has 36 heavy (non-hydrogen) atoms. The number of nitrogens with one attached hydrogen (secondary N) is 1. The summed E-state index contributed by atoms with van der Waals surface area (Å²) in [5.41, 5.74) is 1.06. The Hall–Kier alpha value is -3.10. The fourth-order valence-corrected chi connectivity index (χ4v) is 4.72. The van der Waals surface area contributed by atoms with Gasteiger partial charge in [-0.15, -0.1) is 0 Å². The fraction of sp³-hybridized carbons (Fsp3) is 0.429. The van der Waals surface area contributed by atoms with E-state index in [0.717, 1.165) is 23.8 Å². The summed E-state index contributed by atoms with van der Waals surface area (Å²) >= 11 is 0. The average molecular weight is 498 g/mol. The van der Waals surface area contributed by atoms with Crippen LogP contribution in [0.15, 0.2) is 54.6 Å². The van der Waals surface area contributed by atoms with Crippen LogP contribution in [0.4, 0.5) is 8.78 Å². The van der Waals surface area contributed by atoms with E-state index in [9.17, 15) is 18.4 Å². The lowest BCUT2D eigenvalue weighted by molar-refractivity contribution is -0.138. The summed E-state index contributed by atoms with van der Waals surface area (Å²) in [4.78, 5) is 30.2. The molecule has 2 aromatic carbocycles. The number of amides is 2. The average Bonchev–Trinajstić information content (AvgIpc) is 3.31. The molecule has 4 rings (SSSR count). The molecule has 192 valence electrons. The molecule has 2 aliphatic heterocycles. The quantitative estimate of drug-likeness (QED) is 0.660. The van der Waals surface area contributed by atoms with Gasteiger partial charge in [0.2, 0.25) is 11.8 Å². The van der Waals surface area contributed by atoms with E-state index < -0.39 is 29.1 Å². The number of benzene rings is 2. The molecule has 0 radical (unpaired) electrons. The molecule has 0 saturated carbocycles. The normalized spacial score (nSPS) is 19.2. The first-order valence-electron chi connectivity index (χ1n) is 12.3. The number of carbonyl (C=O) groups is 2. The molecule has 1 saturated heterocycles. The predicted octanol–water partition coefficient (Wildman–Crippen LogP) is 3.79. The predicted molar refractivity (Wildman–Crippen MR) is 134 cm³/mol. The van der Waals surface area contributed by atoms with Crippen molar-refractivity contribution in [1.82, 2.24) is 15.1 Å². The third-order valence-corrected chi connectivity index (χ3v) is 6.67. The molecular weight excluding hydrogens is 464 g/mol. The van der Waals surface area contributed by atoms with Gasteiger partial charge in [-0.05, 0) is 34.8 Å². The highest BCUT2D eigenvalue weighted by Gasteiger charge is 2.40. The first-order valence-corrected chi connectivity index (χ1v) is 12.3. The maximum absolute atomic E-state index is 14.6. The first kappa shape index (κ1) is 26.0. The smallest absolute Gasteiger partial charge is 0.241 e. The largest absolute Gasteiger partial charge is 0.378 e. The van der Waals surface area contributed by atoms with E-state index in [0.29, 0.717) is 31.9 Å². The zero-order valence-corrected chi connectivity index (χ0v) is 21.0. The van der Waals surface area contributed by atoms with E-state index in [1.165, 1.54) is 0 Å². The standard InChI is InChI=1S/C28H33F2N3O3/c1-28(2,3)26(31-17-25(34)32-11-13-36-14-12-32)27(35)33-18-20(22-16-21(29)9-10-23(22)30)15-24(33)19-7-5-4-6-8-19/h4-10,15-16,24,26,31H,11-14,17-18H2,1-3H3/t24-,26+/m0/s1. The molecule has 2 aromatic rings. The minimum atomic E-state index is -0.668. The maximum Gasteiger partial charge on any atom is 0.241 e. The molecule has 0 unspecified atom stereocenters. The summed E-state index contributed by atoms with van der Waals surface area (Å²) in [5, 5.41) is 3.20. The second kappa shape index (κ2) is 10.9. The molecule has 2 atom stereocenters. The van der Waals surface area contributed by atoms with E-state index in [1.807, 2.05) is 57.2 Å². The van der Waals surface area contributed by atoms with E-state index in [4.69, 9.17) is 4.74 Å². The molecule has 8 heteroatoms. The molecule has 2 heterocycles. The SMILES string of the molecule is CC(C)(C)[C@H](NCC(=O)N1CCOCC1)C(=O)N1CC(c2cc(F)ccc2F)=C[C@H]1c1ccccc1. The van der Waals surface area contributed by atoms with Gasteiger partial charge in [-0.2, -0.15) is 0 Å². The van der Waals surface area contributed by atoms with Crippen LogP contribution in [0.1, 0.15) is 37.9 Å². The number of morpholine rings is 1. The van der Waals surface area contributed by atoms with Crippen LogP contribution in [0.3, 0.4) is 0 Å². The zero-order chi connectivity index (χ0) is 25.9. The number of hydrogen-bond acceptors (Lipinski definition) is 4. The van der Waals surface area contributed by atoms with Gasteiger partial charge in [-0.25, -0.2) is 8.78 Å². The Labute approximate surface area is 210 Å². The minimum absolute atomic E-state index is 0.0241. The maximum atomic E-state index is 14.6. The molecule has 6 nitrogen and oxygen atoms in total. The Morgan fingerprint density at radius 3 is 2.44 bits per heavy atom. The summed E-state index contributed by atoms with van der Waals surface area (Å²) < 4.78 is 33.9. The molecule has 2 amide bonds. The van der Waals surface area contributed by atoms with Crippen molar-refractivity contribution in [2.45, 2.75) is 32.9 Å². The summed E-state index contributed by atoms with van der Waals surface area (Å²) in [6.45, 7) is 8.05. The summed E-state index contributed by atoms with van der Waals surface area (Å²) in [5.74, 6) is -1.36. The second-order valence-electron chi connectivity index (χ2n) is 10.3. The first-order chi connectivity index (χ1) is 17.1. The molecule has 0 aromatic heterocycles. The molecule has 0 aliphatic carbocycles. The number of ether oxygens (including phenoxy) is 1. The monoisotopic (exact) mass is 497 g/mol. The van der Waals surface area contributed by atoms with Gasteiger partial charge in [0.1, 0.15) is 11.6 Å². The molecule has 0 bridgehead atoms. The highest BCUT2D eigenvalue weighted by Crippen LogP contribution is 2.37. The van der Waals surface area contributed by atoms with Crippen molar-refractivity contribution in [2.24, 2.45) is 5.41 Å². The Balaban J connectivity index is 1.60. The van der Waals surface area contributed by atoms with Crippen molar-refractivity contribution in [1.29, 1.82) is 0 Å². The van der Waals surface area contributed by atoms with E-state index in [-0.39, 0.29) is 30.5 Å². The number of rotatable bonds is 6. The van der Waals surface area contributed by atoms with E-state index >= 15 is 0 Å². The van der Waals surface area contributed by atoms with Gasteiger partial charge in [0, 0.05) is 25.2 Å². The van der Waals surface area contributed by atoms with Crippen LogP contribution in [0.25, 0.3) is 5.57 Å². The third kappa shape index (κ3) is 5.82. The van der Waals surface area contributed by atoms with Crippen LogP contribution in [0, 0.1) is 17.0 Å². The van der Waals surface area contributed by atoms with Crippen molar-refractivity contribution in [3.05, 3.63) is 77.4 Å². The number of halogens is 2. The van der Waals surface area contributed by atoms with Gasteiger partial charge in [0.05, 0.1) is 31.8 Å². The van der Waals surface area contributed by atoms with Gasteiger partial charge >= 0.3 is 0 Å². The second-order valence-corrected chi connectivity index (χ2v) is 10.3. The van der Waals surface area contributed by atoms with Crippen molar-refractivity contribution in [3.8, 4) is 0 Å². The lowest BCUT2D eigenvalue weighted by Crippen LogP contribution is -2.55. The lowest BCUT2D eigenvalue weighted by atomic mass is 9.85. The Bertz CT molecular complexity index is 1120. The Kier molecular flexibility index (Phi) is 7.85. The summed E-state index contributed by atoms with van der Waals surface area (Å²) in [6.07, 6.45) is 1.82. The lowest BCUT2D eigenvalue weighted by Gasteiger charge is -2.36. The van der Waals surface area contributed by atoms with Gasteiger partial charge in [-0.1, -0.05) is 57.2 Å². The van der Waals surface area contributed by atoms with E-state index in [2.05, 4.69) is 5.32 Å². The van der Waals surface area contributed by atoms with Gasteiger partial charge in [0.25, 0.3) is 0 Å². The van der Waals surface area contributed by atoms with Crippen molar-refractivity contribution >= 4 is 17.4 Å². The van der Waals surface area contributed by atoms with Gasteiger partial charge in [-0.3, -0.25) is 14.9 Å². The molecule has 2 aliphatic rings. The number of hydrogen-bond donors (Lipinski definition) is 1. The van der Waals surface area contributed by atoms with Gasteiger partial charge in [0.15, 0.2) is 0 Å². The van der Waals surface area contributed by atoms with Crippen LogP contribution < -0.4 is 5.32 Å². The molecule has 0 spiro atoms.